The molecule has 9 nitrogen and oxygen atoms in total. The van der Waals surface area contributed by atoms with Crippen LogP contribution in [0.2, 0.25) is 5.02 Å². The van der Waals surface area contributed by atoms with E-state index >= 15 is 4.39 Å². The van der Waals surface area contributed by atoms with Gasteiger partial charge in [0, 0.05) is 54.2 Å². The highest BCUT2D eigenvalue weighted by Crippen LogP contribution is 2.36. The van der Waals surface area contributed by atoms with Gasteiger partial charge in [-0.25, -0.2) is 21.2 Å². The van der Waals surface area contributed by atoms with Gasteiger partial charge in [0.1, 0.15) is 18.1 Å². The van der Waals surface area contributed by atoms with Crippen molar-refractivity contribution >= 4 is 37.4 Å². The number of carbonyl (C=O) groups is 1. The molecule has 236 valence electrons. The van der Waals surface area contributed by atoms with Crippen LogP contribution >= 0.6 is 11.6 Å². The predicted octanol–water partition coefficient (Wildman–Crippen LogP) is 5.15. The van der Waals surface area contributed by atoms with Crippen LogP contribution in [0.5, 0.6) is 11.5 Å². The number of hydrogen-bond donors (Lipinski definition) is 1. The Morgan fingerprint density at radius 2 is 1.73 bits per heavy atom. The van der Waals surface area contributed by atoms with E-state index < -0.39 is 37.5 Å². The zero-order valence-electron chi connectivity index (χ0n) is 24.5. The standard InChI is InChI=1S/C31H34ClFN2O7S2/c1-22(12-17-43(3,37)38)34-30(36)31(33)13-15-35(16-14-31)44(39,40)29-11-10-25(32)20-28(29)24-7-5-9-27(19-24)42-21-23-6-4-8-26(18-23)41-2/h4-12,17-20,22H,13-16,21H2,1-3H3,(H,34,36)/b17-12-/t22-/m0/s1. The lowest BCUT2D eigenvalue weighted by atomic mass is 9.93. The van der Waals surface area contributed by atoms with Crippen LogP contribution in [0.4, 0.5) is 4.39 Å². The van der Waals surface area contributed by atoms with Gasteiger partial charge in [-0.1, -0.05) is 41.9 Å². The van der Waals surface area contributed by atoms with Crippen molar-refractivity contribution in [1.82, 2.24) is 9.62 Å². The fraction of sp³-hybridized carbons (Fsp3) is 0.323. The molecule has 1 aliphatic rings. The molecule has 3 aromatic rings. The summed E-state index contributed by atoms with van der Waals surface area (Å²) in [6.07, 6.45) is 1.52. The molecule has 0 unspecified atom stereocenters. The van der Waals surface area contributed by atoms with Crippen LogP contribution in [-0.2, 0) is 31.3 Å². The number of hydrogen-bond acceptors (Lipinski definition) is 7. The molecule has 4 rings (SSSR count). The van der Waals surface area contributed by atoms with Crippen molar-refractivity contribution in [3.63, 3.8) is 0 Å². The third-order valence-corrected chi connectivity index (χ3v) is 9.98. The van der Waals surface area contributed by atoms with E-state index in [2.05, 4.69) is 5.32 Å². The Hall–Kier alpha value is -3.45. The number of nitrogens with one attached hydrogen (secondary N) is 1. The van der Waals surface area contributed by atoms with Crippen molar-refractivity contribution in [3.05, 3.63) is 88.8 Å². The Balaban J connectivity index is 1.50. The van der Waals surface area contributed by atoms with Gasteiger partial charge in [0.15, 0.2) is 15.5 Å². The Kier molecular flexibility index (Phi) is 10.4. The molecule has 13 heteroatoms. The molecule has 0 radical (unpaired) electrons. The van der Waals surface area contributed by atoms with E-state index in [0.29, 0.717) is 27.6 Å². The zero-order valence-corrected chi connectivity index (χ0v) is 26.9. The lowest BCUT2D eigenvalue weighted by Crippen LogP contribution is -2.53. The first kappa shape index (κ1) is 33.4. The number of benzene rings is 3. The molecular weight excluding hydrogens is 631 g/mol. The van der Waals surface area contributed by atoms with Gasteiger partial charge < -0.3 is 14.8 Å². The molecule has 0 spiro atoms. The van der Waals surface area contributed by atoms with Crippen molar-refractivity contribution in [2.45, 2.75) is 43.0 Å². The van der Waals surface area contributed by atoms with Crippen molar-refractivity contribution < 1.29 is 35.5 Å². The minimum Gasteiger partial charge on any atom is -0.497 e. The summed E-state index contributed by atoms with van der Waals surface area (Å²) in [6.45, 7) is 1.32. The maximum atomic E-state index is 15.6. The maximum Gasteiger partial charge on any atom is 0.258 e. The van der Waals surface area contributed by atoms with Crippen LogP contribution < -0.4 is 14.8 Å². The number of methoxy groups -OCH3 is 1. The van der Waals surface area contributed by atoms with E-state index in [1.54, 1.807) is 37.4 Å². The summed E-state index contributed by atoms with van der Waals surface area (Å²) >= 11 is 6.29. The molecule has 1 amide bonds. The third kappa shape index (κ3) is 8.38. The topological polar surface area (TPSA) is 119 Å². The van der Waals surface area contributed by atoms with Crippen LogP contribution in [0, 0.1) is 0 Å². The predicted molar refractivity (Wildman–Crippen MR) is 168 cm³/mol. The summed E-state index contributed by atoms with van der Waals surface area (Å²) in [5.41, 5.74) is -0.508. The molecule has 0 saturated carbocycles. The molecule has 44 heavy (non-hydrogen) atoms. The second kappa shape index (κ2) is 13.7. The first-order chi connectivity index (χ1) is 20.7. The summed E-state index contributed by atoms with van der Waals surface area (Å²) in [6, 6.07) is 18.1. The van der Waals surface area contributed by atoms with Gasteiger partial charge in [-0.05, 0) is 60.5 Å². The summed E-state index contributed by atoms with van der Waals surface area (Å²) < 4.78 is 78.3. The van der Waals surface area contributed by atoms with Gasteiger partial charge in [-0.15, -0.1) is 0 Å². The van der Waals surface area contributed by atoms with Crippen molar-refractivity contribution in [2.75, 3.05) is 26.5 Å². The van der Waals surface area contributed by atoms with Gasteiger partial charge >= 0.3 is 0 Å². The highest BCUT2D eigenvalue weighted by molar-refractivity contribution is 7.93. The van der Waals surface area contributed by atoms with E-state index in [0.717, 1.165) is 21.5 Å². The molecule has 1 saturated heterocycles. The van der Waals surface area contributed by atoms with Crippen molar-refractivity contribution in [3.8, 4) is 22.6 Å². The highest BCUT2D eigenvalue weighted by Gasteiger charge is 2.45. The number of nitrogens with zero attached hydrogens (tertiary/aromatic N) is 1. The molecule has 1 aliphatic heterocycles. The summed E-state index contributed by atoms with van der Waals surface area (Å²) in [7, 11) is -5.94. The summed E-state index contributed by atoms with van der Waals surface area (Å²) in [4.78, 5) is 12.7. The van der Waals surface area contributed by atoms with Crippen molar-refractivity contribution in [1.29, 1.82) is 0 Å². The molecule has 1 fully saturated rings. The normalized spacial score (nSPS) is 16.4. The number of halogens is 2. The Bertz CT molecular complexity index is 1760. The fourth-order valence-electron chi connectivity index (χ4n) is 4.73. The maximum absolute atomic E-state index is 15.6. The SMILES string of the molecule is COc1cccc(COc2cccc(-c3cc(Cl)ccc3S(=O)(=O)N3CCC(F)(C(=O)N[C@@H](C)/C=C\S(C)(=O)=O)CC3)c2)c1. The number of alkyl halides is 1. The number of sulfone groups is 1. The molecule has 3 aromatic carbocycles. The second-order valence-electron chi connectivity index (χ2n) is 10.6. The molecule has 1 heterocycles. The van der Waals surface area contributed by atoms with Gasteiger partial charge in [-0.2, -0.15) is 4.31 Å². The number of ether oxygens (including phenoxy) is 2. The molecular formula is C31H34ClFN2O7S2. The van der Waals surface area contributed by atoms with Gasteiger partial charge in [0.2, 0.25) is 10.0 Å². The van der Waals surface area contributed by atoms with Crippen LogP contribution in [0.25, 0.3) is 11.1 Å². The molecule has 0 bridgehead atoms. The number of carbonyl (C=O) groups excluding carboxylic acids is 1. The highest BCUT2D eigenvalue weighted by atomic mass is 35.5. The summed E-state index contributed by atoms with van der Waals surface area (Å²) in [5, 5.41) is 3.72. The number of amides is 1. The lowest BCUT2D eigenvalue weighted by Gasteiger charge is -2.35. The van der Waals surface area contributed by atoms with Crippen LogP contribution in [-0.4, -0.2) is 65.2 Å². The molecule has 0 aromatic heterocycles. The second-order valence-corrected chi connectivity index (χ2v) is 14.9. The third-order valence-electron chi connectivity index (χ3n) is 7.14. The molecule has 1 atom stereocenters. The van der Waals surface area contributed by atoms with E-state index in [-0.39, 0.29) is 37.4 Å². The minimum absolute atomic E-state index is 0.0119. The first-order valence-electron chi connectivity index (χ1n) is 13.7. The van der Waals surface area contributed by atoms with Crippen LogP contribution in [0.1, 0.15) is 25.3 Å². The monoisotopic (exact) mass is 664 g/mol. The van der Waals surface area contributed by atoms with Crippen LogP contribution in [0.15, 0.2) is 83.1 Å². The number of piperidine rings is 1. The molecule has 0 aliphatic carbocycles. The average molecular weight is 665 g/mol. The van der Waals surface area contributed by atoms with Gasteiger partial charge in [0.25, 0.3) is 5.91 Å². The Labute approximate surface area is 262 Å². The average Bonchev–Trinajstić information content (AvgIpc) is 2.99. The molecule has 1 N–H and O–H groups in total. The fourth-order valence-corrected chi connectivity index (χ4v) is 7.06. The quantitative estimate of drug-likeness (QED) is 0.301. The zero-order chi connectivity index (χ0) is 32.1. The van der Waals surface area contributed by atoms with E-state index in [1.807, 2.05) is 24.3 Å². The summed E-state index contributed by atoms with van der Waals surface area (Å²) in [5.74, 6) is 0.298. The smallest absolute Gasteiger partial charge is 0.258 e. The lowest BCUT2D eigenvalue weighted by molar-refractivity contribution is -0.135. The van der Waals surface area contributed by atoms with Crippen LogP contribution in [0.3, 0.4) is 0 Å². The Morgan fingerprint density at radius 1 is 1.05 bits per heavy atom. The van der Waals surface area contributed by atoms with Crippen molar-refractivity contribution in [2.24, 2.45) is 0 Å². The Morgan fingerprint density at radius 3 is 2.41 bits per heavy atom. The number of sulfonamides is 1. The number of rotatable bonds is 11. The van der Waals surface area contributed by atoms with Gasteiger partial charge in [0.05, 0.1) is 12.0 Å². The van der Waals surface area contributed by atoms with E-state index in [9.17, 15) is 21.6 Å². The minimum atomic E-state index is -4.11. The van der Waals surface area contributed by atoms with E-state index in [4.69, 9.17) is 21.1 Å². The first-order valence-corrected chi connectivity index (χ1v) is 17.5. The van der Waals surface area contributed by atoms with E-state index in [1.165, 1.54) is 25.1 Å². The van der Waals surface area contributed by atoms with Gasteiger partial charge in [-0.3, -0.25) is 4.79 Å². The largest absolute Gasteiger partial charge is 0.497 e.